The molecule has 11 heavy (non-hydrogen) atoms. The van der Waals surface area contributed by atoms with Crippen LogP contribution in [0.2, 0.25) is 0 Å². The van der Waals surface area contributed by atoms with Gasteiger partial charge in [-0.25, -0.2) is 0 Å². The maximum absolute atomic E-state index is 11.3. The molecule has 60 valence electrons. The lowest BCUT2D eigenvalue weighted by Crippen LogP contribution is -2.04. The number of ketones is 1. The third kappa shape index (κ3) is 1.83. The lowest BCUT2D eigenvalue weighted by molar-refractivity contribution is -0.120. The van der Waals surface area contributed by atoms with Crippen LogP contribution >= 0.6 is 0 Å². The highest BCUT2D eigenvalue weighted by atomic mass is 16.1. The zero-order chi connectivity index (χ0) is 8.48. The smallest absolute Gasteiger partial charge is 0.137 e. The van der Waals surface area contributed by atoms with Crippen LogP contribution in [0.25, 0.3) is 0 Å². The Balaban J connectivity index is 2.61. The summed E-state index contributed by atoms with van der Waals surface area (Å²) in [6, 6.07) is 0. The zero-order valence-corrected chi connectivity index (χ0v) is 7.18. The number of hydrogen-bond donors (Lipinski definition) is 0. The van der Waals surface area contributed by atoms with Gasteiger partial charge in [-0.05, 0) is 11.8 Å². The Morgan fingerprint density at radius 2 is 2.36 bits per heavy atom. The lowest BCUT2D eigenvalue weighted by atomic mass is 9.90. The highest BCUT2D eigenvalue weighted by Gasteiger charge is 2.36. The second kappa shape index (κ2) is 2.70. The van der Waals surface area contributed by atoms with E-state index in [4.69, 9.17) is 6.42 Å². The number of carbonyl (C=O) groups is 1. The fourth-order valence-electron chi connectivity index (χ4n) is 1.80. The van der Waals surface area contributed by atoms with E-state index in [1.54, 1.807) is 0 Å². The van der Waals surface area contributed by atoms with Crippen LogP contribution in [0.5, 0.6) is 0 Å². The van der Waals surface area contributed by atoms with Gasteiger partial charge in [-0.3, -0.25) is 4.79 Å². The van der Waals surface area contributed by atoms with E-state index in [9.17, 15) is 4.79 Å². The maximum Gasteiger partial charge on any atom is 0.137 e. The Bertz CT molecular complexity index is 207. The lowest BCUT2D eigenvalue weighted by Gasteiger charge is -2.14. The number of terminal acetylenes is 1. The fourth-order valence-corrected chi connectivity index (χ4v) is 1.80. The van der Waals surface area contributed by atoms with Crippen molar-refractivity contribution in [2.75, 3.05) is 0 Å². The first kappa shape index (κ1) is 8.33. The van der Waals surface area contributed by atoms with Crippen molar-refractivity contribution in [3.05, 3.63) is 0 Å². The Labute approximate surface area is 68.2 Å². The van der Waals surface area contributed by atoms with Crippen molar-refractivity contribution in [1.29, 1.82) is 0 Å². The van der Waals surface area contributed by atoms with Crippen molar-refractivity contribution in [2.24, 2.45) is 11.3 Å². The second-order valence-electron chi connectivity index (χ2n) is 4.12. The largest absolute Gasteiger partial charge is 0.299 e. The van der Waals surface area contributed by atoms with E-state index >= 15 is 0 Å². The highest BCUT2D eigenvalue weighted by molar-refractivity contribution is 5.84. The monoisotopic (exact) mass is 150 g/mol. The molecule has 0 bridgehead atoms. The molecule has 1 nitrogen and oxygen atoms in total. The predicted molar refractivity (Wildman–Crippen MR) is 45.0 cm³/mol. The van der Waals surface area contributed by atoms with Crippen LogP contribution < -0.4 is 0 Å². The minimum Gasteiger partial charge on any atom is -0.299 e. The third-order valence-electron chi connectivity index (χ3n) is 2.27. The van der Waals surface area contributed by atoms with Gasteiger partial charge in [-0.1, -0.05) is 13.8 Å². The minimum absolute atomic E-state index is 0.148. The van der Waals surface area contributed by atoms with Crippen molar-refractivity contribution in [3.8, 4) is 12.3 Å². The van der Waals surface area contributed by atoms with Crippen molar-refractivity contribution < 1.29 is 4.79 Å². The topological polar surface area (TPSA) is 17.1 Å². The first-order valence-corrected chi connectivity index (χ1v) is 4.01. The van der Waals surface area contributed by atoms with Crippen LogP contribution in [0.3, 0.4) is 0 Å². The van der Waals surface area contributed by atoms with E-state index in [1.165, 1.54) is 0 Å². The van der Waals surface area contributed by atoms with Crippen LogP contribution in [0.4, 0.5) is 0 Å². The summed E-state index contributed by atoms with van der Waals surface area (Å²) in [6.07, 6.45) is 7.46. The summed E-state index contributed by atoms with van der Waals surface area (Å²) in [6.45, 7) is 4.25. The normalized spacial score (nSPS) is 28.5. The molecule has 1 atom stereocenters. The van der Waals surface area contributed by atoms with Crippen LogP contribution in [-0.4, -0.2) is 5.78 Å². The first-order valence-electron chi connectivity index (χ1n) is 4.01. The summed E-state index contributed by atoms with van der Waals surface area (Å²) in [5, 5.41) is 0. The average Bonchev–Trinajstić information content (AvgIpc) is 2.07. The van der Waals surface area contributed by atoms with E-state index in [2.05, 4.69) is 19.8 Å². The van der Waals surface area contributed by atoms with Crippen LogP contribution in [0.15, 0.2) is 0 Å². The van der Waals surface area contributed by atoms with Gasteiger partial charge < -0.3 is 0 Å². The number of hydrogen-bond acceptors (Lipinski definition) is 1. The Morgan fingerprint density at radius 3 is 2.73 bits per heavy atom. The SMILES string of the molecule is C#CCC1CC(C)(C)CC1=O. The molecule has 1 rings (SSSR count). The number of rotatable bonds is 1. The molecule has 1 saturated carbocycles. The Hall–Kier alpha value is -0.770. The molecule has 1 aliphatic rings. The van der Waals surface area contributed by atoms with Gasteiger partial charge in [0.05, 0.1) is 0 Å². The highest BCUT2D eigenvalue weighted by Crippen LogP contribution is 2.39. The van der Waals surface area contributed by atoms with E-state index in [1.807, 2.05) is 0 Å². The molecule has 1 heteroatoms. The molecule has 0 radical (unpaired) electrons. The summed E-state index contributed by atoms with van der Waals surface area (Å²) in [4.78, 5) is 11.3. The fraction of sp³-hybridized carbons (Fsp3) is 0.700. The summed E-state index contributed by atoms with van der Waals surface area (Å²) >= 11 is 0. The zero-order valence-electron chi connectivity index (χ0n) is 7.18. The molecule has 0 N–H and O–H groups in total. The summed E-state index contributed by atoms with van der Waals surface area (Å²) in [5.74, 6) is 3.06. The number of Topliss-reactive ketones (excluding diaryl/α,β-unsaturated/α-hetero) is 1. The molecule has 1 fully saturated rings. The van der Waals surface area contributed by atoms with Gasteiger partial charge in [0, 0.05) is 18.8 Å². The molecule has 0 aromatic rings. The predicted octanol–water partition coefficient (Wildman–Crippen LogP) is 2.01. The molecule has 0 amide bonds. The van der Waals surface area contributed by atoms with Gasteiger partial charge in [-0.2, -0.15) is 0 Å². The van der Waals surface area contributed by atoms with Gasteiger partial charge >= 0.3 is 0 Å². The van der Waals surface area contributed by atoms with E-state index in [-0.39, 0.29) is 11.3 Å². The van der Waals surface area contributed by atoms with Gasteiger partial charge in [0.1, 0.15) is 5.78 Å². The van der Waals surface area contributed by atoms with Gasteiger partial charge in [0.15, 0.2) is 0 Å². The average molecular weight is 150 g/mol. The molecular weight excluding hydrogens is 136 g/mol. The van der Waals surface area contributed by atoms with Gasteiger partial charge in [0.2, 0.25) is 0 Å². The minimum atomic E-state index is 0.148. The number of carbonyl (C=O) groups excluding carboxylic acids is 1. The molecule has 0 aromatic heterocycles. The second-order valence-corrected chi connectivity index (χ2v) is 4.12. The van der Waals surface area contributed by atoms with Gasteiger partial charge in [-0.15, -0.1) is 12.3 Å². The molecule has 0 aromatic carbocycles. The van der Waals surface area contributed by atoms with E-state index < -0.39 is 0 Å². The summed E-state index contributed by atoms with van der Waals surface area (Å²) < 4.78 is 0. The molecule has 0 saturated heterocycles. The standard InChI is InChI=1S/C10H14O/c1-4-5-8-6-10(2,3)7-9(8)11/h1,8H,5-7H2,2-3H3. The summed E-state index contributed by atoms with van der Waals surface area (Å²) in [7, 11) is 0. The molecule has 0 spiro atoms. The van der Waals surface area contributed by atoms with Crippen molar-refractivity contribution >= 4 is 5.78 Å². The Morgan fingerprint density at radius 1 is 1.73 bits per heavy atom. The van der Waals surface area contributed by atoms with E-state index in [0.29, 0.717) is 18.6 Å². The Kier molecular flexibility index (Phi) is 2.04. The molecule has 1 unspecified atom stereocenters. The van der Waals surface area contributed by atoms with Crippen molar-refractivity contribution in [2.45, 2.75) is 33.1 Å². The van der Waals surface area contributed by atoms with Crippen LogP contribution in [0.1, 0.15) is 33.1 Å². The van der Waals surface area contributed by atoms with Crippen molar-refractivity contribution in [1.82, 2.24) is 0 Å². The van der Waals surface area contributed by atoms with Crippen LogP contribution in [-0.2, 0) is 4.79 Å². The van der Waals surface area contributed by atoms with Gasteiger partial charge in [0.25, 0.3) is 0 Å². The first-order chi connectivity index (χ1) is 5.05. The molecule has 0 aliphatic heterocycles. The molecule has 0 heterocycles. The van der Waals surface area contributed by atoms with Crippen LogP contribution in [0, 0.1) is 23.7 Å². The molecule has 1 aliphatic carbocycles. The third-order valence-corrected chi connectivity index (χ3v) is 2.27. The maximum atomic E-state index is 11.3. The summed E-state index contributed by atoms with van der Waals surface area (Å²) in [5.41, 5.74) is 0.193. The van der Waals surface area contributed by atoms with E-state index in [0.717, 1.165) is 6.42 Å². The van der Waals surface area contributed by atoms with Crippen molar-refractivity contribution in [3.63, 3.8) is 0 Å². The quantitative estimate of drug-likeness (QED) is 0.522. The molecular formula is C10H14O.